The third-order valence-corrected chi connectivity index (χ3v) is 3.76. The van der Waals surface area contributed by atoms with E-state index in [-0.39, 0.29) is 16.9 Å². The lowest BCUT2D eigenvalue weighted by Gasteiger charge is -2.22. The van der Waals surface area contributed by atoms with Crippen molar-refractivity contribution in [2.24, 2.45) is 0 Å². The summed E-state index contributed by atoms with van der Waals surface area (Å²) in [5.41, 5.74) is -5.23. The van der Waals surface area contributed by atoms with Crippen LogP contribution in [0.4, 0.5) is 13.2 Å². The molecule has 0 fully saturated rings. The highest BCUT2D eigenvalue weighted by molar-refractivity contribution is 7.88. The molecular formula is C13H17F3O5S. The molecule has 0 spiro atoms. The van der Waals surface area contributed by atoms with Gasteiger partial charge in [-0.1, -0.05) is 20.8 Å². The Morgan fingerprint density at radius 2 is 1.36 bits per heavy atom. The van der Waals surface area contributed by atoms with E-state index in [0.29, 0.717) is 5.56 Å². The predicted molar refractivity (Wildman–Crippen MR) is 73.8 cm³/mol. The molecule has 1 aromatic carbocycles. The lowest BCUT2D eigenvalue weighted by Crippen LogP contribution is -2.28. The molecule has 0 bridgehead atoms. The van der Waals surface area contributed by atoms with Crippen LogP contribution in [0.1, 0.15) is 26.3 Å². The number of hydrogen-bond acceptors (Lipinski definition) is 5. The molecule has 0 saturated carbocycles. The molecule has 0 aliphatic carbocycles. The SMILES string of the molecule is COc1cc(C(C)(C)C)cc(OC)c1OS(=O)(=O)C(F)(F)F. The van der Waals surface area contributed by atoms with Crippen molar-refractivity contribution in [2.45, 2.75) is 31.7 Å². The molecule has 9 heteroatoms. The lowest BCUT2D eigenvalue weighted by atomic mass is 9.86. The Morgan fingerprint density at radius 1 is 0.955 bits per heavy atom. The second-order valence-electron chi connectivity index (χ2n) is 5.44. The van der Waals surface area contributed by atoms with Gasteiger partial charge in [-0.05, 0) is 23.1 Å². The van der Waals surface area contributed by atoms with Crippen molar-refractivity contribution in [1.29, 1.82) is 0 Å². The van der Waals surface area contributed by atoms with E-state index in [1.165, 1.54) is 26.4 Å². The molecule has 0 radical (unpaired) electrons. The molecule has 0 aliphatic heterocycles. The van der Waals surface area contributed by atoms with Crippen LogP contribution in [0.15, 0.2) is 12.1 Å². The van der Waals surface area contributed by atoms with Gasteiger partial charge in [0.2, 0.25) is 5.75 Å². The highest BCUT2D eigenvalue weighted by atomic mass is 32.2. The van der Waals surface area contributed by atoms with Crippen molar-refractivity contribution >= 4 is 10.1 Å². The van der Waals surface area contributed by atoms with Gasteiger partial charge >= 0.3 is 15.6 Å². The Morgan fingerprint density at radius 3 is 1.64 bits per heavy atom. The summed E-state index contributed by atoms with van der Waals surface area (Å²) in [4.78, 5) is 0. The van der Waals surface area contributed by atoms with Crippen LogP contribution >= 0.6 is 0 Å². The first-order chi connectivity index (χ1) is 9.83. The van der Waals surface area contributed by atoms with Gasteiger partial charge in [-0.25, -0.2) is 0 Å². The standard InChI is InChI=1S/C13H17F3O5S/c1-12(2,3)8-6-9(19-4)11(10(7-8)20-5)21-22(17,18)13(14,15)16/h6-7H,1-5H3. The van der Waals surface area contributed by atoms with Crippen molar-refractivity contribution in [3.8, 4) is 17.2 Å². The van der Waals surface area contributed by atoms with Crippen LogP contribution in [0.5, 0.6) is 17.2 Å². The molecule has 0 unspecified atom stereocenters. The molecule has 1 aromatic rings. The van der Waals surface area contributed by atoms with Crippen LogP contribution in [0.2, 0.25) is 0 Å². The van der Waals surface area contributed by atoms with Crippen molar-refractivity contribution < 1.29 is 35.2 Å². The predicted octanol–water partition coefficient (Wildman–Crippen LogP) is 3.23. The Kier molecular flexibility index (Phi) is 4.91. The zero-order valence-corrected chi connectivity index (χ0v) is 13.6. The molecular weight excluding hydrogens is 325 g/mol. The van der Waals surface area contributed by atoms with Crippen molar-refractivity contribution in [3.63, 3.8) is 0 Å². The maximum Gasteiger partial charge on any atom is 0.534 e. The summed E-state index contributed by atoms with van der Waals surface area (Å²) in [6.07, 6.45) is 0. The number of halogens is 3. The highest BCUT2D eigenvalue weighted by Gasteiger charge is 2.49. The molecule has 0 aromatic heterocycles. The van der Waals surface area contributed by atoms with Gasteiger partial charge in [0, 0.05) is 0 Å². The molecule has 0 aliphatic rings. The van der Waals surface area contributed by atoms with Crippen molar-refractivity contribution in [1.82, 2.24) is 0 Å². The molecule has 1 rings (SSSR count). The molecule has 0 N–H and O–H groups in total. The van der Waals surface area contributed by atoms with E-state index in [1.807, 2.05) is 20.8 Å². The Labute approximate surface area is 127 Å². The zero-order valence-electron chi connectivity index (χ0n) is 12.7. The van der Waals surface area contributed by atoms with Gasteiger partial charge in [0.1, 0.15) is 0 Å². The topological polar surface area (TPSA) is 61.8 Å². The lowest BCUT2D eigenvalue weighted by molar-refractivity contribution is -0.0501. The summed E-state index contributed by atoms with van der Waals surface area (Å²) in [5, 5.41) is 0. The van der Waals surface area contributed by atoms with Crippen molar-refractivity contribution in [3.05, 3.63) is 17.7 Å². The second-order valence-corrected chi connectivity index (χ2v) is 6.98. The van der Waals surface area contributed by atoms with Gasteiger partial charge in [0.15, 0.2) is 11.5 Å². The summed E-state index contributed by atoms with van der Waals surface area (Å²) >= 11 is 0. The first-order valence-corrected chi connectivity index (χ1v) is 7.51. The molecule has 22 heavy (non-hydrogen) atoms. The van der Waals surface area contributed by atoms with Gasteiger partial charge in [-0.3, -0.25) is 0 Å². The number of benzene rings is 1. The first kappa shape index (κ1) is 18.4. The largest absolute Gasteiger partial charge is 0.534 e. The quantitative estimate of drug-likeness (QED) is 0.621. The minimum Gasteiger partial charge on any atom is -0.493 e. The third kappa shape index (κ3) is 3.76. The average molecular weight is 342 g/mol. The van der Waals surface area contributed by atoms with E-state index in [4.69, 9.17) is 9.47 Å². The number of ether oxygens (including phenoxy) is 2. The molecule has 5 nitrogen and oxygen atoms in total. The summed E-state index contributed by atoms with van der Waals surface area (Å²) in [6.45, 7) is 5.61. The molecule has 0 amide bonds. The summed E-state index contributed by atoms with van der Waals surface area (Å²) in [7, 11) is -3.45. The van der Waals surface area contributed by atoms with Gasteiger partial charge in [-0.15, -0.1) is 0 Å². The minimum atomic E-state index is -5.82. The van der Waals surface area contributed by atoms with Crippen LogP contribution in [0.25, 0.3) is 0 Å². The van der Waals surface area contributed by atoms with Gasteiger partial charge in [-0.2, -0.15) is 21.6 Å². The average Bonchev–Trinajstić information content (AvgIpc) is 2.35. The van der Waals surface area contributed by atoms with E-state index in [0.717, 1.165) is 0 Å². The van der Waals surface area contributed by atoms with Crippen LogP contribution in [0, 0.1) is 0 Å². The Bertz CT molecular complexity index is 620. The van der Waals surface area contributed by atoms with E-state index in [2.05, 4.69) is 4.18 Å². The highest BCUT2D eigenvalue weighted by Crippen LogP contribution is 2.43. The normalized spacial score (nSPS) is 12.9. The number of alkyl halides is 3. The fourth-order valence-electron chi connectivity index (χ4n) is 1.55. The van der Waals surface area contributed by atoms with Gasteiger partial charge in [0.25, 0.3) is 0 Å². The van der Waals surface area contributed by atoms with E-state index < -0.39 is 21.4 Å². The maximum absolute atomic E-state index is 12.5. The van der Waals surface area contributed by atoms with Gasteiger partial charge in [0.05, 0.1) is 14.2 Å². The Hall–Kier alpha value is -1.64. The molecule has 0 saturated heterocycles. The monoisotopic (exact) mass is 342 g/mol. The summed E-state index contributed by atoms with van der Waals surface area (Å²) < 4.78 is 73.8. The summed E-state index contributed by atoms with van der Waals surface area (Å²) in [5.74, 6) is -0.982. The van der Waals surface area contributed by atoms with Gasteiger partial charge < -0.3 is 13.7 Å². The first-order valence-electron chi connectivity index (χ1n) is 6.10. The van der Waals surface area contributed by atoms with Crippen LogP contribution in [0.3, 0.4) is 0 Å². The molecule has 0 atom stereocenters. The van der Waals surface area contributed by atoms with E-state index in [1.54, 1.807) is 0 Å². The van der Waals surface area contributed by atoms with Crippen LogP contribution < -0.4 is 13.7 Å². The third-order valence-electron chi connectivity index (χ3n) is 2.80. The maximum atomic E-state index is 12.5. The van der Waals surface area contributed by atoms with E-state index >= 15 is 0 Å². The zero-order chi connectivity index (χ0) is 17.3. The molecule has 0 heterocycles. The molecule has 126 valence electrons. The van der Waals surface area contributed by atoms with Crippen LogP contribution in [-0.4, -0.2) is 28.1 Å². The fourth-order valence-corrected chi connectivity index (χ4v) is 2.03. The number of rotatable bonds is 4. The second kappa shape index (κ2) is 5.86. The minimum absolute atomic E-state index is 0.169. The smallest absolute Gasteiger partial charge is 0.493 e. The number of hydrogen-bond donors (Lipinski definition) is 0. The van der Waals surface area contributed by atoms with Crippen molar-refractivity contribution in [2.75, 3.05) is 14.2 Å². The number of methoxy groups -OCH3 is 2. The fraction of sp³-hybridized carbons (Fsp3) is 0.538. The van der Waals surface area contributed by atoms with E-state index in [9.17, 15) is 21.6 Å². The summed E-state index contributed by atoms with van der Waals surface area (Å²) in [6, 6.07) is 2.81. The Balaban J connectivity index is 3.49. The van der Waals surface area contributed by atoms with Crippen LogP contribution in [-0.2, 0) is 15.5 Å².